The molecule has 0 amide bonds. The Hall–Kier alpha value is -1.32. The van der Waals surface area contributed by atoms with Crippen molar-refractivity contribution in [2.24, 2.45) is 5.92 Å². The standard InChI is InChI=1S/C13H19N3/c14-8-4-10-16(11-5-9-15)12-13-6-2-1-3-7-13/h1-2,13H,3-7,10-12H2/t13-/m1/s1. The molecular weight excluding hydrogens is 198 g/mol. The van der Waals surface area contributed by atoms with Gasteiger partial charge in [-0.15, -0.1) is 0 Å². The van der Waals surface area contributed by atoms with Gasteiger partial charge in [0.2, 0.25) is 0 Å². The summed E-state index contributed by atoms with van der Waals surface area (Å²) < 4.78 is 0. The van der Waals surface area contributed by atoms with E-state index in [1.54, 1.807) is 0 Å². The van der Waals surface area contributed by atoms with Gasteiger partial charge in [-0.1, -0.05) is 12.2 Å². The fraction of sp³-hybridized carbons (Fsp3) is 0.692. The molecule has 0 saturated heterocycles. The summed E-state index contributed by atoms with van der Waals surface area (Å²) in [4.78, 5) is 2.26. The molecule has 1 rings (SSSR count). The maximum atomic E-state index is 8.59. The third kappa shape index (κ3) is 4.96. The molecule has 0 aliphatic heterocycles. The SMILES string of the molecule is N#CCCN(CCC#N)C[C@@H]1CC=CCC1. The van der Waals surface area contributed by atoms with Crippen LogP contribution in [0, 0.1) is 28.6 Å². The monoisotopic (exact) mass is 217 g/mol. The summed E-state index contributed by atoms with van der Waals surface area (Å²) in [6.07, 6.45) is 9.19. The molecule has 0 N–H and O–H groups in total. The van der Waals surface area contributed by atoms with Gasteiger partial charge in [-0.05, 0) is 25.2 Å². The quantitative estimate of drug-likeness (QED) is 0.642. The molecule has 1 aliphatic rings. The molecule has 0 spiro atoms. The predicted octanol–water partition coefficient (Wildman–Crippen LogP) is 2.47. The summed E-state index contributed by atoms with van der Waals surface area (Å²) in [7, 11) is 0. The second kappa shape index (κ2) is 7.91. The highest BCUT2D eigenvalue weighted by molar-refractivity contribution is 4.91. The van der Waals surface area contributed by atoms with Crippen LogP contribution in [0.1, 0.15) is 32.1 Å². The molecule has 0 fully saturated rings. The van der Waals surface area contributed by atoms with Gasteiger partial charge < -0.3 is 4.90 Å². The van der Waals surface area contributed by atoms with Gasteiger partial charge in [0.15, 0.2) is 0 Å². The molecule has 1 aliphatic carbocycles. The molecule has 3 nitrogen and oxygen atoms in total. The van der Waals surface area contributed by atoms with Gasteiger partial charge >= 0.3 is 0 Å². The van der Waals surface area contributed by atoms with Gasteiger partial charge in [0.05, 0.1) is 12.1 Å². The predicted molar refractivity (Wildman–Crippen MR) is 63.4 cm³/mol. The van der Waals surface area contributed by atoms with Crippen LogP contribution in [0.25, 0.3) is 0 Å². The lowest BCUT2D eigenvalue weighted by Gasteiger charge is -2.26. The molecule has 1 atom stereocenters. The zero-order valence-electron chi connectivity index (χ0n) is 9.73. The van der Waals surface area contributed by atoms with Crippen LogP contribution in [0.3, 0.4) is 0 Å². The Morgan fingerprint density at radius 2 is 1.81 bits per heavy atom. The van der Waals surface area contributed by atoms with Crippen molar-refractivity contribution in [1.29, 1.82) is 10.5 Å². The molecule has 0 heterocycles. The van der Waals surface area contributed by atoms with Crippen LogP contribution < -0.4 is 0 Å². The summed E-state index contributed by atoms with van der Waals surface area (Å²) in [6, 6.07) is 4.35. The Bertz CT molecular complexity index is 277. The van der Waals surface area contributed by atoms with Crippen molar-refractivity contribution in [1.82, 2.24) is 4.90 Å². The summed E-state index contributed by atoms with van der Waals surface area (Å²) in [5, 5.41) is 17.2. The van der Waals surface area contributed by atoms with Crippen molar-refractivity contribution in [2.45, 2.75) is 32.1 Å². The second-order valence-corrected chi connectivity index (χ2v) is 4.27. The minimum atomic E-state index is 0.563. The first kappa shape index (κ1) is 12.7. The van der Waals surface area contributed by atoms with Gasteiger partial charge in [-0.3, -0.25) is 0 Å². The van der Waals surface area contributed by atoms with E-state index in [-0.39, 0.29) is 0 Å². The van der Waals surface area contributed by atoms with Crippen molar-refractivity contribution in [3.05, 3.63) is 12.2 Å². The van der Waals surface area contributed by atoms with Gasteiger partial charge in [0, 0.05) is 32.5 Å². The van der Waals surface area contributed by atoms with Crippen LogP contribution in [0.2, 0.25) is 0 Å². The van der Waals surface area contributed by atoms with E-state index in [1.807, 2.05) is 0 Å². The summed E-state index contributed by atoms with van der Waals surface area (Å²) in [5.41, 5.74) is 0. The lowest BCUT2D eigenvalue weighted by molar-refractivity contribution is 0.231. The van der Waals surface area contributed by atoms with Crippen LogP contribution in [-0.4, -0.2) is 24.5 Å². The van der Waals surface area contributed by atoms with Gasteiger partial charge in [0.1, 0.15) is 0 Å². The minimum absolute atomic E-state index is 0.563. The third-order valence-electron chi connectivity index (χ3n) is 2.97. The molecule has 0 unspecified atom stereocenters. The first-order valence-electron chi connectivity index (χ1n) is 5.98. The van der Waals surface area contributed by atoms with Crippen molar-refractivity contribution >= 4 is 0 Å². The van der Waals surface area contributed by atoms with E-state index in [1.165, 1.54) is 12.8 Å². The van der Waals surface area contributed by atoms with Crippen molar-refractivity contribution in [3.63, 3.8) is 0 Å². The zero-order chi connectivity index (χ0) is 11.6. The minimum Gasteiger partial charge on any atom is -0.301 e. The molecular formula is C13H19N3. The Kier molecular flexibility index (Phi) is 6.30. The third-order valence-corrected chi connectivity index (χ3v) is 2.97. The summed E-state index contributed by atoms with van der Waals surface area (Å²) >= 11 is 0. The van der Waals surface area contributed by atoms with Gasteiger partial charge in [-0.25, -0.2) is 0 Å². The topological polar surface area (TPSA) is 50.8 Å². The Morgan fingerprint density at radius 3 is 2.31 bits per heavy atom. The van der Waals surface area contributed by atoms with Gasteiger partial charge in [0.25, 0.3) is 0 Å². The van der Waals surface area contributed by atoms with E-state index in [9.17, 15) is 0 Å². The van der Waals surface area contributed by atoms with E-state index in [0.29, 0.717) is 18.8 Å². The maximum Gasteiger partial charge on any atom is 0.0635 e. The number of nitriles is 2. The molecule has 0 aromatic rings. The number of hydrogen-bond acceptors (Lipinski definition) is 3. The van der Waals surface area contributed by atoms with E-state index >= 15 is 0 Å². The molecule has 86 valence electrons. The normalized spacial score (nSPS) is 19.3. The lowest BCUT2D eigenvalue weighted by Crippen LogP contribution is -2.31. The van der Waals surface area contributed by atoms with Crippen LogP contribution in [0.15, 0.2) is 12.2 Å². The number of nitrogens with zero attached hydrogens (tertiary/aromatic N) is 3. The average Bonchev–Trinajstić information content (AvgIpc) is 2.34. The molecule has 16 heavy (non-hydrogen) atoms. The van der Waals surface area contributed by atoms with Crippen LogP contribution in [0.5, 0.6) is 0 Å². The highest BCUT2D eigenvalue weighted by Gasteiger charge is 2.14. The Balaban J connectivity index is 2.33. The molecule has 3 heteroatoms. The van der Waals surface area contributed by atoms with E-state index in [2.05, 4.69) is 29.2 Å². The van der Waals surface area contributed by atoms with Crippen molar-refractivity contribution in [2.75, 3.05) is 19.6 Å². The molecule has 0 aromatic carbocycles. The number of hydrogen-bond donors (Lipinski definition) is 0. The molecule has 0 bridgehead atoms. The van der Waals surface area contributed by atoms with Crippen molar-refractivity contribution < 1.29 is 0 Å². The highest BCUT2D eigenvalue weighted by Crippen LogP contribution is 2.19. The van der Waals surface area contributed by atoms with E-state index < -0.39 is 0 Å². The molecule has 0 radical (unpaired) electrons. The highest BCUT2D eigenvalue weighted by atomic mass is 15.1. The van der Waals surface area contributed by atoms with Crippen LogP contribution >= 0.6 is 0 Å². The smallest absolute Gasteiger partial charge is 0.0635 e. The second-order valence-electron chi connectivity index (χ2n) is 4.27. The Labute approximate surface area is 98.0 Å². The molecule has 0 saturated carbocycles. The zero-order valence-corrected chi connectivity index (χ0v) is 9.73. The average molecular weight is 217 g/mol. The number of rotatable bonds is 6. The number of allylic oxidation sites excluding steroid dienone is 2. The lowest BCUT2D eigenvalue weighted by atomic mass is 9.94. The summed E-state index contributed by atoms with van der Waals surface area (Å²) in [5.74, 6) is 0.711. The Morgan fingerprint density at radius 1 is 1.12 bits per heavy atom. The fourth-order valence-corrected chi connectivity index (χ4v) is 2.10. The van der Waals surface area contributed by atoms with E-state index in [4.69, 9.17) is 10.5 Å². The van der Waals surface area contributed by atoms with Crippen LogP contribution in [-0.2, 0) is 0 Å². The first-order valence-corrected chi connectivity index (χ1v) is 5.98. The largest absolute Gasteiger partial charge is 0.301 e. The van der Waals surface area contributed by atoms with E-state index in [0.717, 1.165) is 26.1 Å². The first-order chi connectivity index (χ1) is 7.86. The maximum absolute atomic E-state index is 8.59. The van der Waals surface area contributed by atoms with Crippen molar-refractivity contribution in [3.8, 4) is 12.1 Å². The van der Waals surface area contributed by atoms with Gasteiger partial charge in [-0.2, -0.15) is 10.5 Å². The summed E-state index contributed by atoms with van der Waals surface area (Å²) in [6.45, 7) is 2.64. The fourth-order valence-electron chi connectivity index (χ4n) is 2.10. The molecule has 0 aromatic heterocycles. The van der Waals surface area contributed by atoms with Crippen LogP contribution in [0.4, 0.5) is 0 Å².